The number of nitrogens with one attached hydrogen (secondary N) is 1. The van der Waals surface area contributed by atoms with Crippen molar-refractivity contribution in [2.75, 3.05) is 11.9 Å². The summed E-state index contributed by atoms with van der Waals surface area (Å²) in [7, 11) is 0. The summed E-state index contributed by atoms with van der Waals surface area (Å²) in [6.07, 6.45) is 0. The predicted octanol–water partition coefficient (Wildman–Crippen LogP) is 2.63. The van der Waals surface area contributed by atoms with Crippen molar-refractivity contribution >= 4 is 11.5 Å². The van der Waals surface area contributed by atoms with Crippen LogP contribution in [0.4, 0.5) is 5.69 Å². The van der Waals surface area contributed by atoms with Gasteiger partial charge < -0.3 is 15.2 Å². The molecule has 0 spiro atoms. The van der Waals surface area contributed by atoms with Gasteiger partial charge in [0.25, 0.3) is 0 Å². The molecule has 2 aromatic rings. The van der Waals surface area contributed by atoms with Gasteiger partial charge in [-0.2, -0.15) is 0 Å². The molecule has 0 heterocycles. The highest BCUT2D eigenvalue weighted by atomic mass is 16.5. The third-order valence-corrected chi connectivity index (χ3v) is 3.10. The Morgan fingerprint density at radius 3 is 2.67 bits per heavy atom. The van der Waals surface area contributed by atoms with Crippen molar-refractivity contribution in [2.24, 2.45) is 0 Å². The maximum Gasteiger partial charge on any atom is 0.179 e. The summed E-state index contributed by atoms with van der Waals surface area (Å²) in [6.45, 7) is 1.75. The summed E-state index contributed by atoms with van der Waals surface area (Å²) in [5.41, 5.74) is 1.88. The van der Waals surface area contributed by atoms with E-state index in [-0.39, 0.29) is 5.78 Å². The molecule has 2 aromatic carbocycles. The fraction of sp³-hybridized carbons (Fsp3) is 0.235. The van der Waals surface area contributed by atoms with E-state index in [4.69, 9.17) is 9.84 Å². The van der Waals surface area contributed by atoms with Crippen molar-refractivity contribution in [3.63, 3.8) is 0 Å². The number of hydrogen-bond donors (Lipinski definition) is 2. The highest BCUT2D eigenvalue weighted by Gasteiger charge is 2.11. The molecular formula is C17H19NO3. The minimum absolute atomic E-state index is 0.245. The number of aliphatic hydroxyl groups is 1. The average molecular weight is 285 g/mol. The zero-order valence-corrected chi connectivity index (χ0v) is 12.0. The molecule has 0 aliphatic rings. The fourth-order valence-electron chi connectivity index (χ4n) is 1.88. The van der Waals surface area contributed by atoms with Crippen LogP contribution in [0.5, 0.6) is 5.75 Å². The van der Waals surface area contributed by atoms with Crippen LogP contribution in [0.25, 0.3) is 0 Å². The first kappa shape index (κ1) is 15.1. The van der Waals surface area contributed by atoms with Crippen molar-refractivity contribution in [3.05, 3.63) is 60.2 Å². The van der Waals surface area contributed by atoms with E-state index in [2.05, 4.69) is 5.32 Å². The predicted molar refractivity (Wildman–Crippen MR) is 82.4 cm³/mol. The molecule has 0 bridgehead atoms. The van der Waals surface area contributed by atoms with E-state index in [9.17, 15) is 4.79 Å². The first-order valence-corrected chi connectivity index (χ1v) is 6.86. The number of aliphatic hydroxyl groups excluding tert-OH is 1. The molecule has 2 N–H and O–H groups in total. The van der Waals surface area contributed by atoms with Crippen molar-refractivity contribution in [3.8, 4) is 5.75 Å². The van der Waals surface area contributed by atoms with Crippen molar-refractivity contribution in [1.82, 2.24) is 0 Å². The number of carbonyl (C=O) groups excluding carboxylic acids is 1. The summed E-state index contributed by atoms with van der Waals surface area (Å²) in [5.74, 6) is 0.484. The minimum atomic E-state index is -0.460. The smallest absolute Gasteiger partial charge is 0.179 e. The van der Waals surface area contributed by atoms with Gasteiger partial charge in [0.2, 0.25) is 0 Å². The number of Topliss-reactive ketones (excluding diaryl/α,β-unsaturated/α-hetero) is 1. The molecule has 4 heteroatoms. The number of ether oxygens (including phenoxy) is 1. The third-order valence-electron chi connectivity index (χ3n) is 3.10. The zero-order valence-electron chi connectivity index (χ0n) is 12.0. The van der Waals surface area contributed by atoms with Crippen LogP contribution in [-0.4, -0.2) is 23.5 Å². The molecule has 0 fully saturated rings. The molecule has 0 aliphatic heterocycles. The highest BCUT2D eigenvalue weighted by Crippen LogP contribution is 2.19. The Labute approximate surface area is 124 Å². The Balaban J connectivity index is 1.96. The third kappa shape index (κ3) is 4.61. The van der Waals surface area contributed by atoms with Crippen LogP contribution in [0.1, 0.15) is 12.5 Å². The van der Waals surface area contributed by atoms with E-state index < -0.39 is 12.6 Å². The van der Waals surface area contributed by atoms with E-state index in [1.807, 2.05) is 54.6 Å². The second-order valence-corrected chi connectivity index (χ2v) is 4.79. The summed E-state index contributed by atoms with van der Waals surface area (Å²) >= 11 is 0. The molecule has 0 unspecified atom stereocenters. The van der Waals surface area contributed by atoms with Crippen LogP contribution in [0.2, 0.25) is 0 Å². The van der Waals surface area contributed by atoms with Gasteiger partial charge in [-0.15, -0.1) is 0 Å². The Bertz CT molecular complexity index is 584. The molecule has 1 atom stereocenters. The van der Waals surface area contributed by atoms with Gasteiger partial charge in [-0.3, -0.25) is 4.79 Å². The number of benzene rings is 2. The number of hydrogen-bond acceptors (Lipinski definition) is 4. The lowest BCUT2D eigenvalue weighted by molar-refractivity contribution is -0.122. The van der Waals surface area contributed by atoms with Crippen LogP contribution in [0, 0.1) is 0 Å². The fourth-order valence-corrected chi connectivity index (χ4v) is 1.88. The molecular weight excluding hydrogens is 266 g/mol. The first-order valence-electron chi connectivity index (χ1n) is 6.86. The molecule has 0 aromatic heterocycles. The molecule has 21 heavy (non-hydrogen) atoms. The molecule has 110 valence electrons. The summed E-state index contributed by atoms with van der Waals surface area (Å²) < 4.78 is 5.73. The summed E-state index contributed by atoms with van der Waals surface area (Å²) in [4.78, 5) is 11.4. The van der Waals surface area contributed by atoms with Crippen LogP contribution in [0.3, 0.4) is 0 Å². The Hall–Kier alpha value is -2.33. The molecule has 2 rings (SSSR count). The van der Waals surface area contributed by atoms with Gasteiger partial charge in [0.15, 0.2) is 5.78 Å². The molecule has 0 saturated carbocycles. The van der Waals surface area contributed by atoms with Gasteiger partial charge in [-0.25, -0.2) is 0 Å². The molecule has 0 saturated heterocycles. The maximum absolute atomic E-state index is 11.4. The largest absolute Gasteiger partial charge is 0.489 e. The van der Waals surface area contributed by atoms with Gasteiger partial charge in [-0.05, 0) is 24.6 Å². The molecule has 0 amide bonds. The quantitative estimate of drug-likeness (QED) is 0.821. The lowest BCUT2D eigenvalue weighted by Gasteiger charge is -2.14. The second kappa shape index (κ2) is 7.45. The number of rotatable bonds is 7. The van der Waals surface area contributed by atoms with E-state index in [1.54, 1.807) is 6.92 Å². The van der Waals surface area contributed by atoms with Gasteiger partial charge in [0.1, 0.15) is 19.0 Å². The van der Waals surface area contributed by atoms with Gasteiger partial charge in [0, 0.05) is 11.8 Å². The zero-order chi connectivity index (χ0) is 15.1. The Morgan fingerprint density at radius 1 is 1.19 bits per heavy atom. The van der Waals surface area contributed by atoms with Crippen LogP contribution < -0.4 is 10.1 Å². The number of anilines is 1. The SMILES string of the molecule is C[C@H](Nc1cccc(OCc2ccccc2)c1)C(=O)CO. The van der Waals surface area contributed by atoms with E-state index in [0.717, 1.165) is 17.0 Å². The van der Waals surface area contributed by atoms with Crippen molar-refractivity contribution in [1.29, 1.82) is 0 Å². The standard InChI is InChI=1S/C17H19NO3/c1-13(17(20)11-19)18-15-8-5-9-16(10-15)21-12-14-6-3-2-4-7-14/h2-10,13,18-19H,11-12H2,1H3/t13-/m0/s1. The summed E-state index contributed by atoms with van der Waals surface area (Å²) in [5, 5.41) is 11.9. The molecule has 0 aliphatic carbocycles. The summed E-state index contributed by atoms with van der Waals surface area (Å²) in [6, 6.07) is 16.9. The van der Waals surface area contributed by atoms with E-state index >= 15 is 0 Å². The van der Waals surface area contributed by atoms with Gasteiger partial charge >= 0.3 is 0 Å². The number of ketones is 1. The van der Waals surface area contributed by atoms with Crippen molar-refractivity contribution < 1.29 is 14.6 Å². The average Bonchev–Trinajstić information content (AvgIpc) is 2.53. The molecule has 0 radical (unpaired) electrons. The highest BCUT2D eigenvalue weighted by molar-refractivity contribution is 5.87. The van der Waals surface area contributed by atoms with Gasteiger partial charge in [0.05, 0.1) is 6.04 Å². The first-order chi connectivity index (χ1) is 10.2. The minimum Gasteiger partial charge on any atom is -0.489 e. The topological polar surface area (TPSA) is 58.6 Å². The van der Waals surface area contributed by atoms with Crippen LogP contribution in [0.15, 0.2) is 54.6 Å². The van der Waals surface area contributed by atoms with E-state index in [0.29, 0.717) is 6.61 Å². The Kier molecular flexibility index (Phi) is 5.35. The number of carbonyl (C=O) groups is 1. The normalized spacial score (nSPS) is 11.7. The molecule has 4 nitrogen and oxygen atoms in total. The van der Waals surface area contributed by atoms with Gasteiger partial charge in [-0.1, -0.05) is 36.4 Å². The lowest BCUT2D eigenvalue weighted by atomic mass is 10.2. The lowest BCUT2D eigenvalue weighted by Crippen LogP contribution is -2.28. The van der Waals surface area contributed by atoms with Crippen LogP contribution in [-0.2, 0) is 11.4 Å². The maximum atomic E-state index is 11.4. The second-order valence-electron chi connectivity index (χ2n) is 4.79. The van der Waals surface area contributed by atoms with Crippen molar-refractivity contribution in [2.45, 2.75) is 19.6 Å². The van der Waals surface area contributed by atoms with Crippen LogP contribution >= 0.6 is 0 Å². The Morgan fingerprint density at radius 2 is 1.95 bits per heavy atom. The monoisotopic (exact) mass is 285 g/mol. The van der Waals surface area contributed by atoms with E-state index in [1.165, 1.54) is 0 Å².